The second-order valence-corrected chi connectivity index (χ2v) is 9.89. The van der Waals surface area contributed by atoms with E-state index in [1.165, 1.54) is 11.3 Å². The minimum absolute atomic E-state index is 0.00669. The van der Waals surface area contributed by atoms with Crippen molar-refractivity contribution >= 4 is 27.5 Å². The Labute approximate surface area is 197 Å². The minimum Gasteiger partial charge on any atom is -0.492 e. The highest BCUT2D eigenvalue weighted by atomic mass is 32.1. The molecule has 3 heterocycles. The fourth-order valence-electron chi connectivity index (χ4n) is 3.69. The lowest BCUT2D eigenvalue weighted by Crippen LogP contribution is -2.50. The first-order valence-electron chi connectivity index (χ1n) is 11.2. The number of hydrogen-bond donors (Lipinski definition) is 2. The van der Waals surface area contributed by atoms with Gasteiger partial charge in [-0.25, -0.2) is 4.98 Å². The van der Waals surface area contributed by atoms with Crippen LogP contribution in [0.4, 0.5) is 0 Å². The summed E-state index contributed by atoms with van der Waals surface area (Å²) in [4.78, 5) is 23.2. The first kappa shape index (κ1) is 23.4. The van der Waals surface area contributed by atoms with Gasteiger partial charge in [0.1, 0.15) is 23.6 Å². The molecule has 1 aromatic carbocycles. The third-order valence-corrected chi connectivity index (χ3v) is 6.61. The van der Waals surface area contributed by atoms with Gasteiger partial charge in [-0.15, -0.1) is 0 Å². The number of hydrogen-bond acceptors (Lipinski definition) is 8. The van der Waals surface area contributed by atoms with Crippen LogP contribution in [0, 0.1) is 5.92 Å². The molecule has 3 aromatic rings. The van der Waals surface area contributed by atoms with Crippen LogP contribution in [0.15, 0.2) is 42.7 Å². The fourth-order valence-corrected chi connectivity index (χ4v) is 4.50. The highest BCUT2D eigenvalue weighted by Gasteiger charge is 2.28. The average molecular weight is 471 g/mol. The van der Waals surface area contributed by atoms with Crippen LogP contribution >= 0.6 is 11.3 Å². The molecular weight excluding hydrogens is 440 g/mol. The largest absolute Gasteiger partial charge is 0.492 e. The van der Waals surface area contributed by atoms with Gasteiger partial charge in [-0.05, 0) is 70.1 Å². The molecular formula is C24H30N4O4S. The summed E-state index contributed by atoms with van der Waals surface area (Å²) in [5, 5.41) is 12.9. The second kappa shape index (κ2) is 10.5. The number of carbonyl (C=O) groups is 1. The molecule has 0 bridgehead atoms. The lowest BCUT2D eigenvalue weighted by Gasteiger charge is -2.33. The number of carbonyl (C=O) groups excluding carboxylic acids is 1. The SMILES string of the molecule is CC(C)(CO)NC(=O)C1CCN(CCOc2ccc(Oc3nc4cnccc4s3)cc2)CC1. The number of thiazole rings is 1. The predicted octanol–water partition coefficient (Wildman–Crippen LogP) is 3.46. The molecule has 1 saturated heterocycles. The summed E-state index contributed by atoms with van der Waals surface area (Å²) in [5.41, 5.74) is 0.255. The van der Waals surface area contributed by atoms with Gasteiger partial charge in [0.05, 0.1) is 23.0 Å². The van der Waals surface area contributed by atoms with Crippen molar-refractivity contribution in [1.29, 1.82) is 0 Å². The Kier molecular flexibility index (Phi) is 7.42. The van der Waals surface area contributed by atoms with Gasteiger partial charge in [0.25, 0.3) is 5.19 Å². The fraction of sp³-hybridized carbons (Fsp3) is 0.458. The standard InChI is InChI=1S/C24H30N4O4S/c1-24(2,16-29)27-22(30)17-8-11-28(12-9-17)13-14-31-18-3-5-19(6-4-18)32-23-26-20-15-25-10-7-21(20)33-23/h3-7,10,15,17,29H,8-9,11-14,16H2,1-2H3,(H,27,30). The van der Waals surface area contributed by atoms with E-state index in [0.29, 0.717) is 17.6 Å². The Morgan fingerprint density at radius 3 is 2.64 bits per heavy atom. The number of nitrogens with one attached hydrogen (secondary N) is 1. The Morgan fingerprint density at radius 2 is 1.94 bits per heavy atom. The molecule has 1 amide bonds. The number of pyridine rings is 1. The zero-order chi connectivity index (χ0) is 23.3. The predicted molar refractivity (Wildman–Crippen MR) is 128 cm³/mol. The number of aromatic nitrogens is 2. The lowest BCUT2D eigenvalue weighted by molar-refractivity contribution is -0.128. The number of piperidine rings is 1. The van der Waals surface area contributed by atoms with E-state index in [9.17, 15) is 9.90 Å². The Balaban J connectivity index is 1.18. The van der Waals surface area contributed by atoms with Crippen LogP contribution in [-0.2, 0) is 4.79 Å². The molecule has 176 valence electrons. The maximum Gasteiger partial charge on any atom is 0.279 e. The van der Waals surface area contributed by atoms with E-state index in [-0.39, 0.29) is 18.4 Å². The van der Waals surface area contributed by atoms with Crippen LogP contribution in [0.2, 0.25) is 0 Å². The van der Waals surface area contributed by atoms with Crippen LogP contribution in [-0.4, -0.2) is 64.3 Å². The zero-order valence-electron chi connectivity index (χ0n) is 19.0. The molecule has 0 atom stereocenters. The van der Waals surface area contributed by atoms with Gasteiger partial charge in [0, 0.05) is 18.7 Å². The summed E-state index contributed by atoms with van der Waals surface area (Å²) < 4.78 is 12.8. The van der Waals surface area contributed by atoms with Crippen molar-refractivity contribution in [3.63, 3.8) is 0 Å². The van der Waals surface area contributed by atoms with Crippen LogP contribution in [0.5, 0.6) is 16.7 Å². The topological polar surface area (TPSA) is 96.8 Å². The van der Waals surface area contributed by atoms with Crippen LogP contribution in [0.3, 0.4) is 0 Å². The molecule has 0 radical (unpaired) electrons. The number of ether oxygens (including phenoxy) is 2. The average Bonchev–Trinajstić information content (AvgIpc) is 3.23. The van der Waals surface area contributed by atoms with Gasteiger partial charge in [-0.1, -0.05) is 11.3 Å². The van der Waals surface area contributed by atoms with E-state index in [1.54, 1.807) is 12.4 Å². The van der Waals surface area contributed by atoms with Crippen LogP contribution in [0.25, 0.3) is 10.2 Å². The van der Waals surface area contributed by atoms with Gasteiger partial charge in [-0.2, -0.15) is 0 Å². The quantitative estimate of drug-likeness (QED) is 0.494. The van der Waals surface area contributed by atoms with Crippen molar-refractivity contribution in [2.45, 2.75) is 32.2 Å². The van der Waals surface area contributed by atoms with Gasteiger partial charge < -0.3 is 19.9 Å². The molecule has 0 saturated carbocycles. The van der Waals surface area contributed by atoms with Crippen molar-refractivity contribution in [2.75, 3.05) is 32.8 Å². The molecule has 8 nitrogen and oxygen atoms in total. The number of aliphatic hydroxyl groups excluding tert-OH is 1. The van der Waals surface area contributed by atoms with E-state index >= 15 is 0 Å². The first-order valence-corrected chi connectivity index (χ1v) is 12.0. The van der Waals surface area contributed by atoms with Crippen molar-refractivity contribution in [1.82, 2.24) is 20.2 Å². The Hall–Kier alpha value is -2.75. The summed E-state index contributed by atoms with van der Waals surface area (Å²) in [5.74, 6) is 1.54. The van der Waals surface area contributed by atoms with Crippen molar-refractivity contribution in [3.05, 3.63) is 42.7 Å². The van der Waals surface area contributed by atoms with Gasteiger partial charge in [0.2, 0.25) is 5.91 Å². The van der Waals surface area contributed by atoms with Gasteiger partial charge in [-0.3, -0.25) is 14.7 Å². The van der Waals surface area contributed by atoms with Crippen LogP contribution < -0.4 is 14.8 Å². The van der Waals surface area contributed by atoms with E-state index < -0.39 is 5.54 Å². The van der Waals surface area contributed by atoms with E-state index in [1.807, 2.05) is 44.2 Å². The first-order chi connectivity index (χ1) is 15.9. The summed E-state index contributed by atoms with van der Waals surface area (Å²) in [7, 11) is 0. The molecule has 33 heavy (non-hydrogen) atoms. The maximum absolute atomic E-state index is 12.4. The minimum atomic E-state index is -0.575. The Morgan fingerprint density at radius 1 is 1.21 bits per heavy atom. The number of benzene rings is 1. The van der Waals surface area contributed by atoms with E-state index in [2.05, 4.69) is 20.2 Å². The smallest absolute Gasteiger partial charge is 0.279 e. The Bertz CT molecular complexity index is 1030. The number of aliphatic hydroxyl groups is 1. The van der Waals surface area contributed by atoms with E-state index in [4.69, 9.17) is 9.47 Å². The monoisotopic (exact) mass is 470 g/mol. The molecule has 0 aliphatic carbocycles. The highest BCUT2D eigenvalue weighted by molar-refractivity contribution is 7.20. The maximum atomic E-state index is 12.4. The molecule has 1 aliphatic heterocycles. The third-order valence-electron chi connectivity index (χ3n) is 5.69. The van der Waals surface area contributed by atoms with Crippen LogP contribution in [0.1, 0.15) is 26.7 Å². The molecule has 9 heteroatoms. The molecule has 1 fully saturated rings. The number of fused-ring (bicyclic) bond motifs is 1. The number of amides is 1. The normalized spacial score (nSPS) is 15.5. The summed E-state index contributed by atoms with van der Waals surface area (Å²) in [6.07, 6.45) is 5.11. The van der Waals surface area contributed by atoms with E-state index in [0.717, 1.165) is 48.4 Å². The zero-order valence-corrected chi connectivity index (χ0v) is 19.8. The van der Waals surface area contributed by atoms with Gasteiger partial charge >= 0.3 is 0 Å². The summed E-state index contributed by atoms with van der Waals surface area (Å²) in [6, 6.07) is 9.45. The van der Waals surface area contributed by atoms with Crippen molar-refractivity contribution in [3.8, 4) is 16.7 Å². The highest BCUT2D eigenvalue weighted by Crippen LogP contribution is 2.31. The lowest BCUT2D eigenvalue weighted by atomic mass is 9.94. The molecule has 4 rings (SSSR count). The van der Waals surface area contributed by atoms with Crippen molar-refractivity contribution in [2.24, 2.45) is 5.92 Å². The summed E-state index contributed by atoms with van der Waals surface area (Å²) in [6.45, 7) is 6.72. The number of likely N-dealkylation sites (tertiary alicyclic amines) is 1. The second-order valence-electron chi connectivity index (χ2n) is 8.89. The van der Waals surface area contributed by atoms with Crippen molar-refractivity contribution < 1.29 is 19.4 Å². The number of nitrogens with zero attached hydrogens (tertiary/aromatic N) is 3. The number of rotatable bonds is 9. The molecule has 2 aromatic heterocycles. The summed E-state index contributed by atoms with van der Waals surface area (Å²) >= 11 is 1.49. The molecule has 2 N–H and O–H groups in total. The third kappa shape index (κ3) is 6.40. The molecule has 1 aliphatic rings. The molecule has 0 spiro atoms. The van der Waals surface area contributed by atoms with Gasteiger partial charge in [0.15, 0.2) is 0 Å². The molecule has 0 unspecified atom stereocenters.